The molecule has 1 aromatic carbocycles. The summed E-state index contributed by atoms with van der Waals surface area (Å²) in [5, 5.41) is 0. The van der Waals surface area contributed by atoms with Crippen molar-refractivity contribution in [1.29, 1.82) is 0 Å². The largest absolute Gasteiger partial charge is 0.411 e. The minimum absolute atomic E-state index is 0.660. The molecule has 0 aliphatic carbocycles. The van der Waals surface area contributed by atoms with Gasteiger partial charge >= 0.3 is 0 Å². The first-order valence-electron chi connectivity index (χ1n) is 5.73. The van der Waals surface area contributed by atoms with Gasteiger partial charge in [-0.15, -0.1) is 0 Å². The lowest BCUT2D eigenvalue weighted by Gasteiger charge is -2.12. The molecule has 1 rings (SSSR count). The highest BCUT2D eigenvalue weighted by Gasteiger charge is 2.10. The Morgan fingerprint density at radius 2 is 2.06 bits per heavy atom. The van der Waals surface area contributed by atoms with Crippen LogP contribution in [0.25, 0.3) is 6.08 Å². The van der Waals surface area contributed by atoms with E-state index in [2.05, 4.69) is 25.8 Å². The van der Waals surface area contributed by atoms with Crippen molar-refractivity contribution in [2.24, 2.45) is 5.90 Å². The van der Waals surface area contributed by atoms with Gasteiger partial charge in [-0.2, -0.15) is 5.90 Å². The number of aryl methyl sites for hydroxylation is 1. The van der Waals surface area contributed by atoms with E-state index in [0.29, 0.717) is 12.2 Å². The fourth-order valence-electron chi connectivity index (χ4n) is 1.88. The minimum Gasteiger partial charge on any atom is -0.411 e. The van der Waals surface area contributed by atoms with Gasteiger partial charge < -0.3 is 4.84 Å². The van der Waals surface area contributed by atoms with E-state index in [-0.39, 0.29) is 0 Å². The van der Waals surface area contributed by atoms with E-state index in [1.807, 2.05) is 19.1 Å². The Kier molecular flexibility index (Phi) is 5.15. The molecule has 0 amide bonds. The average molecular weight is 241 g/mol. The summed E-state index contributed by atoms with van der Waals surface area (Å²) < 4.78 is 0. The van der Waals surface area contributed by atoms with E-state index in [1.54, 1.807) is 18.2 Å². The molecule has 0 saturated heterocycles. The molecule has 2 heteroatoms. The molecule has 0 aliphatic rings. The van der Waals surface area contributed by atoms with Gasteiger partial charge in [0.2, 0.25) is 0 Å². The Balaban J connectivity index is 3.26. The van der Waals surface area contributed by atoms with E-state index in [0.717, 1.165) is 22.3 Å². The third-order valence-corrected chi connectivity index (χ3v) is 2.67. The molecule has 94 valence electrons. The lowest BCUT2D eigenvalue weighted by atomic mass is 9.98. The summed E-state index contributed by atoms with van der Waals surface area (Å²) in [6.45, 7) is 13.3. The normalized spacial score (nSPS) is 10.9. The van der Waals surface area contributed by atoms with Crippen LogP contribution in [0.2, 0.25) is 0 Å². The highest BCUT2D eigenvalue weighted by Crippen LogP contribution is 2.28. The Hall–Kier alpha value is -2.06. The number of nitrogens with two attached hydrogens (primary N) is 1. The molecule has 0 saturated carbocycles. The third-order valence-electron chi connectivity index (χ3n) is 2.67. The molecule has 0 radical (unpaired) electrons. The van der Waals surface area contributed by atoms with Crippen molar-refractivity contribution < 1.29 is 4.84 Å². The van der Waals surface area contributed by atoms with Gasteiger partial charge in [0, 0.05) is 17.5 Å². The molecular formula is C16H19NO. The zero-order valence-electron chi connectivity index (χ0n) is 10.8. The van der Waals surface area contributed by atoms with Gasteiger partial charge in [-0.3, -0.25) is 0 Å². The standard InChI is InChI=1S/C16H19NO/c1-5-8-13(6-2)11-15-10-12(4)9-14(7-3)16(15)18-17/h5-10H,1-3,11,17H2,4H3/b13-8+. The second-order valence-electron chi connectivity index (χ2n) is 4.02. The van der Waals surface area contributed by atoms with Crippen LogP contribution in [0.1, 0.15) is 16.7 Å². The molecule has 0 heterocycles. The second kappa shape index (κ2) is 6.62. The van der Waals surface area contributed by atoms with Crippen molar-refractivity contribution in [3.05, 3.63) is 72.4 Å². The predicted molar refractivity (Wildman–Crippen MR) is 78.3 cm³/mol. The molecule has 2 nitrogen and oxygen atoms in total. The Morgan fingerprint density at radius 3 is 2.56 bits per heavy atom. The van der Waals surface area contributed by atoms with Crippen LogP contribution in [0.15, 0.2) is 55.7 Å². The van der Waals surface area contributed by atoms with E-state index >= 15 is 0 Å². The summed E-state index contributed by atoms with van der Waals surface area (Å²) in [4.78, 5) is 4.99. The van der Waals surface area contributed by atoms with Crippen molar-refractivity contribution in [1.82, 2.24) is 0 Å². The summed E-state index contributed by atoms with van der Waals surface area (Å²) in [5.41, 5.74) is 4.11. The van der Waals surface area contributed by atoms with Crippen molar-refractivity contribution in [2.75, 3.05) is 0 Å². The van der Waals surface area contributed by atoms with Crippen LogP contribution >= 0.6 is 0 Å². The minimum atomic E-state index is 0.660. The zero-order chi connectivity index (χ0) is 13.5. The number of rotatable bonds is 6. The van der Waals surface area contributed by atoms with Crippen LogP contribution in [0.4, 0.5) is 0 Å². The van der Waals surface area contributed by atoms with Gasteiger partial charge in [-0.25, -0.2) is 0 Å². The van der Waals surface area contributed by atoms with E-state index in [4.69, 9.17) is 10.7 Å². The summed E-state index contributed by atoms with van der Waals surface area (Å²) in [6.07, 6.45) is 7.90. The summed E-state index contributed by atoms with van der Waals surface area (Å²) in [5.74, 6) is 6.01. The van der Waals surface area contributed by atoms with Crippen LogP contribution in [0.5, 0.6) is 5.75 Å². The Morgan fingerprint density at radius 1 is 1.33 bits per heavy atom. The number of allylic oxidation sites excluding steroid dienone is 4. The third kappa shape index (κ3) is 3.22. The Bertz CT molecular complexity index is 498. The van der Waals surface area contributed by atoms with E-state index in [1.165, 1.54) is 0 Å². The van der Waals surface area contributed by atoms with E-state index < -0.39 is 0 Å². The second-order valence-corrected chi connectivity index (χ2v) is 4.02. The van der Waals surface area contributed by atoms with Crippen molar-refractivity contribution in [3.8, 4) is 5.75 Å². The quantitative estimate of drug-likeness (QED) is 0.608. The first kappa shape index (κ1) is 14.0. The molecule has 0 aliphatic heterocycles. The van der Waals surface area contributed by atoms with Crippen LogP contribution in [-0.4, -0.2) is 0 Å². The topological polar surface area (TPSA) is 35.2 Å². The number of hydrogen-bond acceptors (Lipinski definition) is 2. The fraction of sp³-hybridized carbons (Fsp3) is 0.125. The number of benzene rings is 1. The van der Waals surface area contributed by atoms with Crippen molar-refractivity contribution >= 4 is 6.08 Å². The average Bonchev–Trinajstić information content (AvgIpc) is 2.37. The molecule has 0 spiro atoms. The molecule has 18 heavy (non-hydrogen) atoms. The Labute approximate surface area is 109 Å². The molecule has 0 aromatic heterocycles. The van der Waals surface area contributed by atoms with Gasteiger partial charge in [0.1, 0.15) is 0 Å². The molecular weight excluding hydrogens is 222 g/mol. The lowest BCUT2D eigenvalue weighted by molar-refractivity contribution is 0.330. The maximum atomic E-state index is 5.36. The first-order chi connectivity index (χ1) is 8.65. The van der Waals surface area contributed by atoms with Gasteiger partial charge in [0.05, 0.1) is 0 Å². The monoisotopic (exact) mass is 241 g/mol. The summed E-state index contributed by atoms with van der Waals surface area (Å²) in [6, 6.07) is 4.04. The smallest absolute Gasteiger partial charge is 0.157 e. The van der Waals surface area contributed by atoms with Gasteiger partial charge in [-0.1, -0.05) is 50.1 Å². The SMILES string of the molecule is C=C/C=C(\C=C)Cc1cc(C)cc(C=C)c1ON. The highest BCUT2D eigenvalue weighted by molar-refractivity contribution is 5.60. The predicted octanol–water partition coefficient (Wildman–Crippen LogP) is 3.73. The van der Waals surface area contributed by atoms with Gasteiger partial charge in [0.25, 0.3) is 0 Å². The molecule has 2 N–H and O–H groups in total. The lowest BCUT2D eigenvalue weighted by Crippen LogP contribution is -2.07. The maximum Gasteiger partial charge on any atom is 0.157 e. The van der Waals surface area contributed by atoms with Crippen LogP contribution in [0, 0.1) is 6.92 Å². The highest BCUT2D eigenvalue weighted by atomic mass is 16.6. The molecule has 0 unspecified atom stereocenters. The van der Waals surface area contributed by atoms with Crippen LogP contribution < -0.4 is 10.7 Å². The maximum absolute atomic E-state index is 5.36. The summed E-state index contributed by atoms with van der Waals surface area (Å²) in [7, 11) is 0. The molecule has 0 atom stereocenters. The molecule has 0 bridgehead atoms. The van der Waals surface area contributed by atoms with Crippen LogP contribution in [-0.2, 0) is 6.42 Å². The van der Waals surface area contributed by atoms with Crippen LogP contribution in [0.3, 0.4) is 0 Å². The molecule has 1 aromatic rings. The fourth-order valence-corrected chi connectivity index (χ4v) is 1.88. The summed E-state index contributed by atoms with van der Waals surface area (Å²) >= 11 is 0. The van der Waals surface area contributed by atoms with E-state index in [9.17, 15) is 0 Å². The number of hydrogen-bond donors (Lipinski definition) is 1. The molecule has 0 fully saturated rings. The van der Waals surface area contributed by atoms with Gasteiger partial charge in [-0.05, 0) is 24.1 Å². The van der Waals surface area contributed by atoms with Gasteiger partial charge in [0.15, 0.2) is 5.75 Å². The first-order valence-corrected chi connectivity index (χ1v) is 5.73. The van der Waals surface area contributed by atoms with Crippen molar-refractivity contribution in [2.45, 2.75) is 13.3 Å². The zero-order valence-corrected chi connectivity index (χ0v) is 10.8. The van der Waals surface area contributed by atoms with Crippen molar-refractivity contribution in [3.63, 3.8) is 0 Å².